The average Bonchev–Trinajstić information content (AvgIpc) is 2.37. The molecule has 0 bridgehead atoms. The number of aromatic nitrogens is 1. The minimum Gasteiger partial charge on any atom is -0.299 e. The first-order valence-corrected chi connectivity index (χ1v) is 6.48. The van der Waals surface area contributed by atoms with Crippen LogP contribution in [0.5, 0.6) is 0 Å². The first-order valence-electron chi connectivity index (χ1n) is 6.48. The third kappa shape index (κ3) is 2.31. The maximum atomic E-state index is 12.5. The summed E-state index contributed by atoms with van der Waals surface area (Å²) >= 11 is 0. The molecular weight excluding hydrogens is 224 g/mol. The number of pyridine rings is 1. The predicted molar refractivity (Wildman–Crippen MR) is 75.8 cm³/mol. The molecule has 3 nitrogen and oxygen atoms in total. The van der Waals surface area contributed by atoms with Crippen molar-refractivity contribution in [2.45, 2.75) is 26.9 Å². The Kier molecular flexibility index (Phi) is 3.82. The van der Waals surface area contributed by atoms with E-state index in [1.165, 1.54) is 0 Å². The summed E-state index contributed by atoms with van der Waals surface area (Å²) in [6.07, 6.45) is 1.94. The molecule has 1 aromatic carbocycles. The van der Waals surface area contributed by atoms with Gasteiger partial charge in [-0.3, -0.25) is 14.7 Å². The summed E-state index contributed by atoms with van der Waals surface area (Å²) in [7, 11) is 0. The molecule has 1 aromatic heterocycles. The maximum absolute atomic E-state index is 12.5. The summed E-state index contributed by atoms with van der Waals surface area (Å²) in [5.74, 6) is 0.365. The number of hydrogen-bond donors (Lipinski definition) is 1. The van der Waals surface area contributed by atoms with Crippen molar-refractivity contribution >= 4 is 10.8 Å². The van der Waals surface area contributed by atoms with Gasteiger partial charge in [-0.05, 0) is 30.0 Å². The molecule has 96 valence electrons. The van der Waals surface area contributed by atoms with E-state index in [1.807, 2.05) is 36.5 Å². The Morgan fingerprint density at radius 1 is 1.22 bits per heavy atom. The van der Waals surface area contributed by atoms with Gasteiger partial charge >= 0.3 is 0 Å². The normalized spacial score (nSPS) is 13.1. The number of benzene rings is 1. The minimum absolute atomic E-state index is 0.0482. The summed E-state index contributed by atoms with van der Waals surface area (Å²) in [6, 6.07) is 9.72. The van der Waals surface area contributed by atoms with E-state index >= 15 is 0 Å². The molecule has 0 amide bonds. The van der Waals surface area contributed by atoms with E-state index in [0.29, 0.717) is 5.92 Å². The third-order valence-corrected chi connectivity index (χ3v) is 3.18. The fraction of sp³-hybridized carbons (Fsp3) is 0.400. The van der Waals surface area contributed by atoms with Gasteiger partial charge in [-0.25, -0.2) is 0 Å². The van der Waals surface area contributed by atoms with Crippen LogP contribution in [0.2, 0.25) is 0 Å². The summed E-state index contributed by atoms with van der Waals surface area (Å²) in [5.41, 5.74) is 0.0766. The predicted octanol–water partition coefficient (Wildman–Crippen LogP) is 2.77. The topological polar surface area (TPSA) is 34.0 Å². The van der Waals surface area contributed by atoms with E-state index in [1.54, 1.807) is 4.57 Å². The van der Waals surface area contributed by atoms with Gasteiger partial charge in [-0.15, -0.1) is 0 Å². The molecule has 0 saturated carbocycles. The molecule has 18 heavy (non-hydrogen) atoms. The van der Waals surface area contributed by atoms with Gasteiger partial charge < -0.3 is 0 Å². The molecule has 1 N–H and O–H groups in total. The smallest absolute Gasteiger partial charge is 0.259 e. The van der Waals surface area contributed by atoms with E-state index in [-0.39, 0.29) is 11.7 Å². The monoisotopic (exact) mass is 244 g/mol. The Bertz CT molecular complexity index is 586. The molecule has 0 aliphatic carbocycles. The Hall–Kier alpha value is -1.61. The van der Waals surface area contributed by atoms with Crippen molar-refractivity contribution in [2.24, 2.45) is 5.92 Å². The van der Waals surface area contributed by atoms with Crippen LogP contribution >= 0.6 is 0 Å². The van der Waals surface area contributed by atoms with E-state index < -0.39 is 0 Å². The van der Waals surface area contributed by atoms with Crippen molar-refractivity contribution in [3.63, 3.8) is 0 Å². The number of hydrogen-bond acceptors (Lipinski definition) is 2. The van der Waals surface area contributed by atoms with E-state index in [0.717, 1.165) is 17.3 Å². The summed E-state index contributed by atoms with van der Waals surface area (Å²) in [5, 5.41) is 5.15. The van der Waals surface area contributed by atoms with Crippen molar-refractivity contribution in [1.29, 1.82) is 0 Å². The Labute approximate surface area is 107 Å². The number of nitrogens with one attached hydrogen (secondary N) is 1. The lowest BCUT2D eigenvalue weighted by Gasteiger charge is -2.24. The molecule has 1 heterocycles. The second kappa shape index (κ2) is 5.36. The van der Waals surface area contributed by atoms with Crippen molar-refractivity contribution < 1.29 is 0 Å². The summed E-state index contributed by atoms with van der Waals surface area (Å²) in [6.45, 7) is 7.15. The van der Waals surface area contributed by atoms with Crippen LogP contribution in [-0.4, -0.2) is 11.1 Å². The first-order chi connectivity index (χ1) is 8.65. The lowest BCUT2D eigenvalue weighted by Crippen LogP contribution is -2.37. The molecular formula is C15H20N2O. The van der Waals surface area contributed by atoms with Crippen LogP contribution in [0.4, 0.5) is 0 Å². The number of rotatable bonds is 4. The molecule has 1 atom stereocenters. The molecule has 0 radical (unpaired) electrons. The standard InChI is InChI=1S/C15H20N2O/c1-4-16-14(11(2)3)17-10-9-12-7-5-6-8-13(12)15(17)18/h5-11,14,16H,4H2,1-3H3. The fourth-order valence-electron chi connectivity index (χ4n) is 2.29. The van der Waals surface area contributed by atoms with Crippen LogP contribution in [0.3, 0.4) is 0 Å². The number of nitrogens with zero attached hydrogens (tertiary/aromatic N) is 1. The van der Waals surface area contributed by atoms with Crippen LogP contribution in [-0.2, 0) is 0 Å². The van der Waals surface area contributed by atoms with Gasteiger partial charge in [0.15, 0.2) is 0 Å². The van der Waals surface area contributed by atoms with Crippen molar-refractivity contribution in [2.75, 3.05) is 6.54 Å². The Balaban J connectivity index is 2.57. The summed E-state index contributed by atoms with van der Waals surface area (Å²) < 4.78 is 1.80. The molecule has 0 spiro atoms. The van der Waals surface area contributed by atoms with Crippen molar-refractivity contribution in [3.8, 4) is 0 Å². The van der Waals surface area contributed by atoms with Crippen LogP contribution in [0, 0.1) is 5.92 Å². The van der Waals surface area contributed by atoms with Crippen LogP contribution in [0.25, 0.3) is 10.8 Å². The second-order valence-electron chi connectivity index (χ2n) is 4.86. The van der Waals surface area contributed by atoms with Gasteiger partial charge in [0, 0.05) is 11.6 Å². The zero-order valence-corrected chi connectivity index (χ0v) is 11.2. The highest BCUT2D eigenvalue weighted by Crippen LogP contribution is 2.15. The highest BCUT2D eigenvalue weighted by molar-refractivity contribution is 5.81. The van der Waals surface area contributed by atoms with Gasteiger partial charge in [0.1, 0.15) is 0 Å². The second-order valence-corrected chi connectivity index (χ2v) is 4.86. The molecule has 2 rings (SSSR count). The van der Waals surface area contributed by atoms with Gasteiger partial charge in [0.2, 0.25) is 0 Å². The van der Waals surface area contributed by atoms with Crippen LogP contribution in [0.15, 0.2) is 41.3 Å². The van der Waals surface area contributed by atoms with E-state index in [2.05, 4.69) is 26.1 Å². The largest absolute Gasteiger partial charge is 0.299 e. The van der Waals surface area contributed by atoms with Gasteiger partial charge in [-0.2, -0.15) is 0 Å². The summed E-state index contributed by atoms with van der Waals surface area (Å²) in [4.78, 5) is 12.5. The molecule has 3 heteroatoms. The number of fused-ring (bicyclic) bond motifs is 1. The van der Waals surface area contributed by atoms with E-state index in [4.69, 9.17) is 0 Å². The third-order valence-electron chi connectivity index (χ3n) is 3.18. The SMILES string of the molecule is CCNC(C(C)C)n1ccc2ccccc2c1=O. The van der Waals surface area contributed by atoms with Crippen molar-refractivity contribution in [3.05, 3.63) is 46.9 Å². The quantitative estimate of drug-likeness (QED) is 0.897. The van der Waals surface area contributed by atoms with Gasteiger partial charge in [-0.1, -0.05) is 39.0 Å². The lowest BCUT2D eigenvalue weighted by molar-refractivity contribution is 0.307. The first kappa shape index (κ1) is 12.8. The molecule has 0 saturated heterocycles. The molecule has 1 unspecified atom stereocenters. The highest BCUT2D eigenvalue weighted by Gasteiger charge is 2.15. The van der Waals surface area contributed by atoms with Crippen LogP contribution < -0.4 is 10.9 Å². The van der Waals surface area contributed by atoms with Crippen molar-refractivity contribution in [1.82, 2.24) is 9.88 Å². The van der Waals surface area contributed by atoms with Crippen LogP contribution in [0.1, 0.15) is 26.9 Å². The minimum atomic E-state index is 0.0482. The molecule has 2 aromatic rings. The fourth-order valence-corrected chi connectivity index (χ4v) is 2.29. The Morgan fingerprint density at radius 2 is 1.94 bits per heavy atom. The zero-order valence-electron chi connectivity index (χ0n) is 11.2. The van der Waals surface area contributed by atoms with Gasteiger partial charge in [0.25, 0.3) is 5.56 Å². The average molecular weight is 244 g/mol. The molecule has 0 aliphatic heterocycles. The molecule has 0 fully saturated rings. The van der Waals surface area contributed by atoms with E-state index in [9.17, 15) is 4.79 Å². The Morgan fingerprint density at radius 3 is 2.61 bits per heavy atom. The highest BCUT2D eigenvalue weighted by atomic mass is 16.1. The lowest BCUT2D eigenvalue weighted by atomic mass is 10.1. The van der Waals surface area contributed by atoms with Gasteiger partial charge in [0.05, 0.1) is 6.17 Å². The zero-order chi connectivity index (χ0) is 13.1. The molecule has 0 aliphatic rings. The maximum Gasteiger partial charge on any atom is 0.259 e.